The molecule has 41 heavy (non-hydrogen) atoms. The predicted molar refractivity (Wildman–Crippen MR) is 156 cm³/mol. The van der Waals surface area contributed by atoms with Crippen molar-refractivity contribution < 1.29 is 18.8 Å². The molecule has 1 heterocycles. The Bertz CT molecular complexity index is 1750. The SMILES string of the molecule is Cc1ccc(N2C(=O)[C@@H]3C4c5ccccc5C(/C=N\NC(=O)c5ccc(F)cc5)(c5ccccc54)[C@@H]3C2=O)c(Br)c1. The van der Waals surface area contributed by atoms with Crippen molar-refractivity contribution in [3.63, 3.8) is 0 Å². The average Bonchev–Trinajstić information content (AvgIpc) is 3.24. The highest BCUT2D eigenvalue weighted by Gasteiger charge is 2.68. The standard InChI is InChI=1S/C33H23BrFN3O3/c1-18-10-15-26(25(34)16-18)38-31(40)28-27-21-6-2-4-8-23(21)33(29(28)32(38)41,24-9-5-3-7-22(24)27)17-36-37-30(39)19-11-13-20(35)14-12-19/h2-17,27-29H,1H3,(H,37,39)/b36-17-/t27?,28-,29+,33?/m1/s1. The molecule has 8 rings (SSSR count). The molecule has 0 radical (unpaired) electrons. The lowest BCUT2D eigenvalue weighted by molar-refractivity contribution is -0.122. The zero-order chi connectivity index (χ0) is 28.5. The lowest BCUT2D eigenvalue weighted by Gasteiger charge is -2.52. The topological polar surface area (TPSA) is 78.8 Å². The Morgan fingerprint density at radius 2 is 1.56 bits per heavy atom. The van der Waals surface area contributed by atoms with Gasteiger partial charge in [0.05, 0.1) is 22.9 Å². The minimum Gasteiger partial charge on any atom is -0.274 e. The second kappa shape index (κ2) is 9.31. The summed E-state index contributed by atoms with van der Waals surface area (Å²) in [5.74, 6) is -3.26. The second-order valence-corrected chi connectivity index (χ2v) is 11.6. The Labute approximate surface area is 244 Å². The zero-order valence-electron chi connectivity index (χ0n) is 21.8. The first-order chi connectivity index (χ1) is 19.8. The van der Waals surface area contributed by atoms with E-state index in [1.54, 1.807) is 12.3 Å². The fourth-order valence-electron chi connectivity index (χ4n) is 6.94. The normalized spacial score (nSPS) is 23.9. The molecule has 3 aliphatic carbocycles. The molecular weight excluding hydrogens is 585 g/mol. The monoisotopic (exact) mass is 607 g/mol. The molecule has 2 bridgehead atoms. The molecule has 4 aliphatic rings. The quantitative estimate of drug-likeness (QED) is 0.179. The highest BCUT2D eigenvalue weighted by molar-refractivity contribution is 9.10. The summed E-state index contributed by atoms with van der Waals surface area (Å²) in [6.45, 7) is 1.95. The highest BCUT2D eigenvalue weighted by Crippen LogP contribution is 2.63. The molecule has 202 valence electrons. The molecule has 0 saturated carbocycles. The fourth-order valence-corrected chi connectivity index (χ4v) is 7.61. The average molecular weight is 608 g/mol. The van der Waals surface area contributed by atoms with Crippen LogP contribution in [0.2, 0.25) is 0 Å². The van der Waals surface area contributed by atoms with Crippen LogP contribution in [0.1, 0.15) is 44.1 Å². The second-order valence-electron chi connectivity index (χ2n) is 10.7. The van der Waals surface area contributed by atoms with Crippen LogP contribution in [0.25, 0.3) is 0 Å². The largest absolute Gasteiger partial charge is 0.274 e. The van der Waals surface area contributed by atoms with Crippen LogP contribution in [0.5, 0.6) is 0 Å². The third-order valence-electron chi connectivity index (χ3n) is 8.57. The number of carbonyl (C=O) groups excluding carboxylic acids is 3. The van der Waals surface area contributed by atoms with Gasteiger partial charge >= 0.3 is 0 Å². The van der Waals surface area contributed by atoms with Crippen LogP contribution >= 0.6 is 15.9 Å². The number of aryl methyl sites for hydroxylation is 1. The Kier molecular flexibility index (Phi) is 5.80. The van der Waals surface area contributed by atoms with E-state index in [1.807, 2.05) is 67.6 Å². The summed E-state index contributed by atoms with van der Waals surface area (Å²) in [5.41, 5.74) is 6.90. The molecule has 1 aliphatic heterocycles. The Morgan fingerprint density at radius 1 is 0.927 bits per heavy atom. The van der Waals surface area contributed by atoms with E-state index >= 15 is 0 Å². The summed E-state index contributed by atoms with van der Waals surface area (Å²) < 4.78 is 14.1. The summed E-state index contributed by atoms with van der Waals surface area (Å²) in [7, 11) is 0. The van der Waals surface area contributed by atoms with Gasteiger partial charge in [-0.15, -0.1) is 0 Å². The number of nitrogens with one attached hydrogen (secondary N) is 1. The van der Waals surface area contributed by atoms with Crippen LogP contribution in [0.15, 0.2) is 101 Å². The summed E-state index contributed by atoms with van der Waals surface area (Å²) in [6, 6.07) is 26.4. The van der Waals surface area contributed by atoms with E-state index in [-0.39, 0.29) is 23.3 Å². The number of rotatable bonds is 4. The number of anilines is 1. The predicted octanol–water partition coefficient (Wildman–Crippen LogP) is 5.86. The lowest BCUT2D eigenvalue weighted by atomic mass is 9.47. The maximum absolute atomic E-state index is 14.5. The van der Waals surface area contributed by atoms with Gasteiger partial charge < -0.3 is 0 Å². The number of carbonyl (C=O) groups is 3. The number of imide groups is 1. The molecule has 1 fully saturated rings. The van der Waals surface area contributed by atoms with Crippen LogP contribution in [-0.4, -0.2) is 23.9 Å². The first kappa shape index (κ1) is 25.5. The number of halogens is 2. The van der Waals surface area contributed by atoms with Gasteiger partial charge in [-0.05, 0) is 87.1 Å². The fraction of sp³-hybridized carbons (Fsp3) is 0.152. The minimum atomic E-state index is -1.11. The third kappa shape index (κ3) is 3.60. The van der Waals surface area contributed by atoms with Gasteiger partial charge in [-0.2, -0.15) is 5.10 Å². The van der Waals surface area contributed by atoms with Crippen LogP contribution in [-0.2, 0) is 15.0 Å². The van der Waals surface area contributed by atoms with Crippen molar-refractivity contribution in [1.29, 1.82) is 0 Å². The number of hydrazone groups is 1. The van der Waals surface area contributed by atoms with Crippen molar-refractivity contribution in [2.75, 3.05) is 4.90 Å². The first-order valence-electron chi connectivity index (χ1n) is 13.3. The van der Waals surface area contributed by atoms with Crippen LogP contribution in [0, 0.1) is 24.6 Å². The van der Waals surface area contributed by atoms with Crippen molar-refractivity contribution >= 4 is 45.6 Å². The molecule has 1 saturated heterocycles. The van der Waals surface area contributed by atoms with Crippen molar-refractivity contribution in [3.05, 3.63) is 135 Å². The van der Waals surface area contributed by atoms with Gasteiger partial charge in [0.1, 0.15) is 5.82 Å². The van der Waals surface area contributed by atoms with E-state index < -0.39 is 29.0 Å². The van der Waals surface area contributed by atoms with Crippen LogP contribution < -0.4 is 10.3 Å². The Hall–Kier alpha value is -4.43. The summed E-state index contributed by atoms with van der Waals surface area (Å²) in [5, 5.41) is 4.40. The van der Waals surface area contributed by atoms with Crippen molar-refractivity contribution in [2.45, 2.75) is 18.3 Å². The van der Waals surface area contributed by atoms with Gasteiger partial charge in [-0.25, -0.2) is 14.7 Å². The summed E-state index contributed by atoms with van der Waals surface area (Å²) in [6.07, 6.45) is 1.61. The van der Waals surface area contributed by atoms with Crippen molar-refractivity contribution in [1.82, 2.24) is 5.43 Å². The number of hydrogen-bond acceptors (Lipinski definition) is 4. The molecule has 0 spiro atoms. The molecule has 4 aromatic carbocycles. The zero-order valence-corrected chi connectivity index (χ0v) is 23.4. The van der Waals surface area contributed by atoms with Gasteiger partial charge in [0.25, 0.3) is 5.91 Å². The maximum atomic E-state index is 14.5. The van der Waals surface area contributed by atoms with Gasteiger partial charge in [-0.1, -0.05) is 54.6 Å². The van der Waals surface area contributed by atoms with E-state index in [0.717, 1.165) is 27.8 Å². The smallest absolute Gasteiger partial charge is 0.271 e. The van der Waals surface area contributed by atoms with Gasteiger partial charge in [0, 0.05) is 22.2 Å². The molecule has 8 heteroatoms. The molecule has 1 N–H and O–H groups in total. The molecule has 2 atom stereocenters. The Balaban J connectivity index is 1.40. The van der Waals surface area contributed by atoms with E-state index in [1.165, 1.54) is 29.2 Å². The molecule has 4 aromatic rings. The number of nitrogens with zero attached hydrogens (tertiary/aromatic N) is 2. The van der Waals surface area contributed by atoms with E-state index in [2.05, 4.69) is 26.5 Å². The number of benzene rings is 4. The van der Waals surface area contributed by atoms with Crippen LogP contribution in [0.3, 0.4) is 0 Å². The van der Waals surface area contributed by atoms with E-state index in [0.29, 0.717) is 10.2 Å². The van der Waals surface area contributed by atoms with Gasteiger partial charge in [0.15, 0.2) is 0 Å². The maximum Gasteiger partial charge on any atom is 0.271 e. The molecular formula is C33H23BrFN3O3. The van der Waals surface area contributed by atoms with Gasteiger partial charge in [0.2, 0.25) is 11.8 Å². The minimum absolute atomic E-state index is 0.245. The number of amides is 3. The van der Waals surface area contributed by atoms with Crippen LogP contribution in [0.4, 0.5) is 10.1 Å². The molecule has 3 amide bonds. The number of hydrogen-bond donors (Lipinski definition) is 1. The van der Waals surface area contributed by atoms with Gasteiger partial charge in [-0.3, -0.25) is 14.4 Å². The Morgan fingerprint density at radius 3 is 2.20 bits per heavy atom. The van der Waals surface area contributed by atoms with Crippen molar-refractivity contribution in [2.24, 2.45) is 16.9 Å². The molecule has 0 aromatic heterocycles. The molecule has 0 unspecified atom stereocenters. The van der Waals surface area contributed by atoms with E-state index in [9.17, 15) is 18.8 Å². The molecule has 6 nitrogen and oxygen atoms in total. The first-order valence-corrected chi connectivity index (χ1v) is 14.0. The van der Waals surface area contributed by atoms with E-state index in [4.69, 9.17) is 0 Å². The highest BCUT2D eigenvalue weighted by atomic mass is 79.9. The third-order valence-corrected chi connectivity index (χ3v) is 9.20. The van der Waals surface area contributed by atoms with Crippen molar-refractivity contribution in [3.8, 4) is 0 Å². The summed E-state index contributed by atoms with van der Waals surface area (Å²) >= 11 is 3.57. The lowest BCUT2D eigenvalue weighted by Crippen LogP contribution is -2.54. The summed E-state index contributed by atoms with van der Waals surface area (Å²) in [4.78, 5) is 42.9.